The molecule has 1 aliphatic rings. The molecular formula is C12H25NO2. The summed E-state index contributed by atoms with van der Waals surface area (Å²) in [7, 11) is 0. The Bertz CT molecular complexity index is 169. The summed E-state index contributed by atoms with van der Waals surface area (Å²) >= 11 is 0. The van der Waals surface area contributed by atoms with E-state index in [1.165, 1.54) is 6.42 Å². The second-order valence-electron chi connectivity index (χ2n) is 4.53. The van der Waals surface area contributed by atoms with Gasteiger partial charge < -0.3 is 14.8 Å². The van der Waals surface area contributed by atoms with Crippen molar-refractivity contribution < 1.29 is 9.47 Å². The first-order chi connectivity index (χ1) is 7.20. The topological polar surface area (TPSA) is 30.5 Å². The van der Waals surface area contributed by atoms with Crippen LogP contribution in [0.4, 0.5) is 0 Å². The molecule has 3 heteroatoms. The fourth-order valence-electron chi connectivity index (χ4n) is 1.74. The highest BCUT2D eigenvalue weighted by Gasteiger charge is 2.25. The van der Waals surface area contributed by atoms with Gasteiger partial charge in [-0.2, -0.15) is 0 Å². The third-order valence-corrected chi connectivity index (χ3v) is 3.14. The second kappa shape index (κ2) is 6.46. The molecule has 1 N–H and O–H groups in total. The SMILES string of the molecule is CCNCC(C)(CC)OCC1CCCO1. The van der Waals surface area contributed by atoms with E-state index in [0.717, 1.165) is 39.1 Å². The summed E-state index contributed by atoms with van der Waals surface area (Å²) in [6.07, 6.45) is 3.70. The smallest absolute Gasteiger partial charge is 0.0809 e. The van der Waals surface area contributed by atoms with Crippen LogP contribution >= 0.6 is 0 Å². The van der Waals surface area contributed by atoms with E-state index in [9.17, 15) is 0 Å². The van der Waals surface area contributed by atoms with Crippen LogP contribution in [0.3, 0.4) is 0 Å². The highest BCUT2D eigenvalue weighted by atomic mass is 16.5. The Balaban J connectivity index is 2.24. The van der Waals surface area contributed by atoms with Crippen molar-refractivity contribution in [3.8, 4) is 0 Å². The van der Waals surface area contributed by atoms with Gasteiger partial charge >= 0.3 is 0 Å². The zero-order valence-electron chi connectivity index (χ0n) is 10.3. The van der Waals surface area contributed by atoms with Crippen LogP contribution in [0.1, 0.15) is 40.0 Å². The Morgan fingerprint density at radius 1 is 1.47 bits per heavy atom. The molecule has 0 spiro atoms. The molecule has 90 valence electrons. The number of hydrogen-bond donors (Lipinski definition) is 1. The van der Waals surface area contributed by atoms with Crippen LogP contribution in [-0.2, 0) is 9.47 Å². The third kappa shape index (κ3) is 4.49. The zero-order valence-corrected chi connectivity index (χ0v) is 10.3. The van der Waals surface area contributed by atoms with Crippen molar-refractivity contribution in [1.29, 1.82) is 0 Å². The van der Waals surface area contributed by atoms with Crippen LogP contribution in [0.5, 0.6) is 0 Å². The minimum Gasteiger partial charge on any atom is -0.376 e. The van der Waals surface area contributed by atoms with E-state index in [-0.39, 0.29) is 5.60 Å². The fraction of sp³-hybridized carbons (Fsp3) is 1.00. The van der Waals surface area contributed by atoms with Gasteiger partial charge in [0.1, 0.15) is 0 Å². The lowest BCUT2D eigenvalue weighted by Crippen LogP contribution is -2.41. The van der Waals surface area contributed by atoms with Gasteiger partial charge in [0.25, 0.3) is 0 Å². The highest BCUT2D eigenvalue weighted by molar-refractivity contribution is 4.77. The van der Waals surface area contributed by atoms with Gasteiger partial charge in [0.15, 0.2) is 0 Å². The molecule has 0 aromatic rings. The highest BCUT2D eigenvalue weighted by Crippen LogP contribution is 2.18. The van der Waals surface area contributed by atoms with Gasteiger partial charge in [0, 0.05) is 13.2 Å². The lowest BCUT2D eigenvalue weighted by Gasteiger charge is -2.30. The molecule has 2 atom stereocenters. The molecule has 0 aromatic carbocycles. The van der Waals surface area contributed by atoms with E-state index >= 15 is 0 Å². The standard InChI is InChI=1S/C12H25NO2/c1-4-12(3,10-13-5-2)15-9-11-7-6-8-14-11/h11,13H,4-10H2,1-3H3. The fourth-order valence-corrected chi connectivity index (χ4v) is 1.74. The van der Waals surface area contributed by atoms with Crippen LogP contribution in [0.15, 0.2) is 0 Å². The average molecular weight is 215 g/mol. The first-order valence-corrected chi connectivity index (χ1v) is 6.16. The van der Waals surface area contributed by atoms with Crippen molar-refractivity contribution >= 4 is 0 Å². The number of hydrogen-bond acceptors (Lipinski definition) is 3. The van der Waals surface area contributed by atoms with Gasteiger partial charge in [-0.3, -0.25) is 0 Å². The van der Waals surface area contributed by atoms with Gasteiger partial charge in [-0.15, -0.1) is 0 Å². The summed E-state index contributed by atoms with van der Waals surface area (Å²) in [5, 5.41) is 3.35. The molecule has 15 heavy (non-hydrogen) atoms. The Morgan fingerprint density at radius 2 is 2.27 bits per heavy atom. The molecule has 0 aliphatic carbocycles. The molecule has 0 radical (unpaired) electrons. The Labute approximate surface area is 93.5 Å². The van der Waals surface area contributed by atoms with Gasteiger partial charge in [-0.05, 0) is 32.7 Å². The molecule has 3 nitrogen and oxygen atoms in total. The Morgan fingerprint density at radius 3 is 2.80 bits per heavy atom. The van der Waals surface area contributed by atoms with Gasteiger partial charge in [0.05, 0.1) is 18.3 Å². The largest absolute Gasteiger partial charge is 0.376 e. The molecule has 1 heterocycles. The summed E-state index contributed by atoms with van der Waals surface area (Å²) in [5.74, 6) is 0. The summed E-state index contributed by atoms with van der Waals surface area (Å²) < 4.78 is 11.5. The van der Waals surface area contributed by atoms with Crippen molar-refractivity contribution in [3.63, 3.8) is 0 Å². The Hall–Kier alpha value is -0.120. The van der Waals surface area contributed by atoms with Crippen molar-refractivity contribution in [1.82, 2.24) is 5.32 Å². The summed E-state index contributed by atoms with van der Waals surface area (Å²) in [6.45, 7) is 10.0. The summed E-state index contributed by atoms with van der Waals surface area (Å²) in [4.78, 5) is 0. The maximum atomic E-state index is 5.98. The lowest BCUT2D eigenvalue weighted by atomic mass is 10.0. The van der Waals surface area contributed by atoms with E-state index < -0.39 is 0 Å². The van der Waals surface area contributed by atoms with Crippen LogP contribution < -0.4 is 5.32 Å². The van der Waals surface area contributed by atoms with Gasteiger partial charge in [0.2, 0.25) is 0 Å². The van der Waals surface area contributed by atoms with Crippen molar-refractivity contribution in [2.45, 2.75) is 51.7 Å². The minimum atomic E-state index is -0.0397. The maximum Gasteiger partial charge on any atom is 0.0809 e. The van der Waals surface area contributed by atoms with E-state index in [1.54, 1.807) is 0 Å². The maximum absolute atomic E-state index is 5.98. The molecule has 1 fully saturated rings. The number of ether oxygens (including phenoxy) is 2. The van der Waals surface area contributed by atoms with Crippen LogP contribution in [0, 0.1) is 0 Å². The molecule has 0 aromatic heterocycles. The van der Waals surface area contributed by atoms with Crippen molar-refractivity contribution in [2.75, 3.05) is 26.3 Å². The van der Waals surface area contributed by atoms with Gasteiger partial charge in [-0.25, -0.2) is 0 Å². The van der Waals surface area contributed by atoms with E-state index in [4.69, 9.17) is 9.47 Å². The predicted molar refractivity (Wildman–Crippen MR) is 62.2 cm³/mol. The molecule has 0 bridgehead atoms. The van der Waals surface area contributed by atoms with Crippen molar-refractivity contribution in [3.05, 3.63) is 0 Å². The quantitative estimate of drug-likeness (QED) is 0.704. The zero-order chi connectivity index (χ0) is 11.1. The first kappa shape index (κ1) is 12.9. The molecule has 2 unspecified atom stereocenters. The van der Waals surface area contributed by atoms with Crippen molar-refractivity contribution in [2.24, 2.45) is 0 Å². The van der Waals surface area contributed by atoms with Crippen LogP contribution in [0.25, 0.3) is 0 Å². The predicted octanol–water partition coefficient (Wildman–Crippen LogP) is 1.96. The number of rotatable bonds is 7. The van der Waals surface area contributed by atoms with E-state index in [0.29, 0.717) is 6.10 Å². The van der Waals surface area contributed by atoms with E-state index in [2.05, 4.69) is 26.1 Å². The number of nitrogens with one attached hydrogen (secondary N) is 1. The molecule has 1 saturated heterocycles. The molecule has 1 aliphatic heterocycles. The third-order valence-electron chi connectivity index (χ3n) is 3.14. The second-order valence-corrected chi connectivity index (χ2v) is 4.53. The van der Waals surface area contributed by atoms with E-state index in [1.807, 2.05) is 0 Å². The monoisotopic (exact) mass is 215 g/mol. The average Bonchev–Trinajstić information content (AvgIpc) is 2.76. The number of likely N-dealkylation sites (N-methyl/N-ethyl adjacent to an activating group) is 1. The molecule has 0 amide bonds. The lowest BCUT2D eigenvalue weighted by molar-refractivity contribution is -0.0748. The van der Waals surface area contributed by atoms with Crippen LogP contribution in [0.2, 0.25) is 0 Å². The first-order valence-electron chi connectivity index (χ1n) is 6.16. The normalized spacial score (nSPS) is 25.4. The molecule has 1 rings (SSSR count). The summed E-state index contributed by atoms with van der Waals surface area (Å²) in [6, 6.07) is 0. The van der Waals surface area contributed by atoms with Crippen LogP contribution in [-0.4, -0.2) is 38.0 Å². The molecule has 0 saturated carbocycles. The van der Waals surface area contributed by atoms with Gasteiger partial charge in [-0.1, -0.05) is 13.8 Å². The molecular weight excluding hydrogens is 190 g/mol. The minimum absolute atomic E-state index is 0.0397. The Kier molecular flexibility index (Phi) is 5.58. The summed E-state index contributed by atoms with van der Waals surface area (Å²) in [5.41, 5.74) is -0.0397.